The molecule has 0 saturated heterocycles. The molecule has 2 aromatic carbocycles. The van der Waals surface area contributed by atoms with Crippen molar-refractivity contribution in [3.8, 4) is 0 Å². The molecule has 0 saturated carbocycles. The van der Waals surface area contributed by atoms with E-state index in [0.717, 1.165) is 5.56 Å². The zero-order chi connectivity index (χ0) is 20.0. The van der Waals surface area contributed by atoms with Crippen molar-refractivity contribution < 1.29 is 13.5 Å². The highest BCUT2D eigenvalue weighted by Crippen LogP contribution is 2.19. The van der Waals surface area contributed by atoms with Crippen LogP contribution < -0.4 is 11.5 Å². The summed E-state index contributed by atoms with van der Waals surface area (Å²) in [7, 11) is -3.75. The van der Waals surface area contributed by atoms with Crippen LogP contribution in [0.1, 0.15) is 26.8 Å². The van der Waals surface area contributed by atoms with E-state index in [9.17, 15) is 13.5 Å². The Morgan fingerprint density at radius 3 is 2.11 bits per heavy atom. The Morgan fingerprint density at radius 1 is 1.00 bits per heavy atom. The number of nitrogens with zero attached hydrogens (tertiary/aromatic N) is 1. The Bertz CT molecular complexity index is 809. The van der Waals surface area contributed by atoms with Gasteiger partial charge in [0, 0.05) is 24.8 Å². The van der Waals surface area contributed by atoms with Crippen molar-refractivity contribution in [1.82, 2.24) is 4.31 Å². The molecular formula is C21H33N3O3S. The maximum Gasteiger partial charge on any atom is 0.243 e. The molecule has 0 amide bonds. The van der Waals surface area contributed by atoms with Crippen molar-refractivity contribution in [2.75, 3.05) is 18.8 Å². The van der Waals surface area contributed by atoms with Gasteiger partial charge in [-0.05, 0) is 42.2 Å². The molecule has 28 heavy (non-hydrogen) atoms. The summed E-state index contributed by atoms with van der Waals surface area (Å²) in [6.07, 6.45) is -0.507. The summed E-state index contributed by atoms with van der Waals surface area (Å²) in [5.74, 6) is 0.103. The quantitative estimate of drug-likeness (QED) is 0.553. The third-order valence-electron chi connectivity index (χ3n) is 4.29. The minimum Gasteiger partial charge on any atom is -0.399 e. The molecule has 2 atom stereocenters. The fourth-order valence-electron chi connectivity index (χ4n) is 2.83. The van der Waals surface area contributed by atoms with Gasteiger partial charge in [0.2, 0.25) is 10.0 Å². The number of nitrogen functional groups attached to an aromatic ring is 1. The normalized spacial score (nSPS) is 13.9. The molecule has 0 bridgehead atoms. The molecule has 156 valence electrons. The van der Waals surface area contributed by atoms with Crippen LogP contribution in [0.4, 0.5) is 5.69 Å². The highest BCUT2D eigenvalue weighted by Gasteiger charge is 2.29. The van der Waals surface area contributed by atoms with E-state index in [0.29, 0.717) is 18.7 Å². The van der Waals surface area contributed by atoms with Crippen LogP contribution >= 0.6 is 0 Å². The first kappa shape index (κ1) is 24.1. The van der Waals surface area contributed by atoms with E-state index in [1.807, 2.05) is 44.2 Å². The minimum atomic E-state index is -3.75. The molecule has 0 spiro atoms. The van der Waals surface area contributed by atoms with Gasteiger partial charge in [-0.3, -0.25) is 0 Å². The fraction of sp³-hybridized carbons (Fsp3) is 0.429. The van der Waals surface area contributed by atoms with Crippen LogP contribution in [0.3, 0.4) is 0 Å². The van der Waals surface area contributed by atoms with E-state index in [-0.39, 0.29) is 24.8 Å². The third kappa shape index (κ3) is 6.60. The van der Waals surface area contributed by atoms with Crippen molar-refractivity contribution in [3.63, 3.8) is 0 Å². The van der Waals surface area contributed by atoms with Gasteiger partial charge in [-0.2, -0.15) is 4.31 Å². The second-order valence-electron chi connectivity index (χ2n) is 7.21. The van der Waals surface area contributed by atoms with Crippen LogP contribution in [0.25, 0.3) is 0 Å². The highest BCUT2D eigenvalue weighted by molar-refractivity contribution is 7.89. The number of aliphatic hydroxyl groups excluding tert-OH is 1. The molecule has 7 heteroatoms. The molecule has 0 aliphatic carbocycles. The Morgan fingerprint density at radius 2 is 1.57 bits per heavy atom. The molecule has 0 heterocycles. The Balaban J connectivity index is 0.00000392. The molecule has 2 unspecified atom stereocenters. The van der Waals surface area contributed by atoms with E-state index in [1.165, 1.54) is 16.4 Å². The first-order valence-electron chi connectivity index (χ1n) is 9.03. The second kappa shape index (κ2) is 10.6. The van der Waals surface area contributed by atoms with Crippen LogP contribution in [0.2, 0.25) is 0 Å². The SMILES string of the molecule is C.CC(C)CN(CC(O)C(N)Cc1ccccc1)S(=O)(=O)c1ccc(N)cc1. The largest absolute Gasteiger partial charge is 0.399 e. The lowest BCUT2D eigenvalue weighted by Gasteiger charge is -2.28. The zero-order valence-electron chi connectivity index (χ0n) is 15.8. The van der Waals surface area contributed by atoms with E-state index >= 15 is 0 Å². The summed E-state index contributed by atoms with van der Waals surface area (Å²) in [6, 6.07) is 15.1. The molecule has 0 fully saturated rings. The molecule has 6 nitrogen and oxygen atoms in total. The summed E-state index contributed by atoms with van der Waals surface area (Å²) < 4.78 is 27.4. The van der Waals surface area contributed by atoms with E-state index in [2.05, 4.69) is 0 Å². The molecule has 0 radical (unpaired) electrons. The average molecular weight is 408 g/mol. The molecule has 0 aliphatic heterocycles. The topological polar surface area (TPSA) is 110 Å². The summed E-state index contributed by atoms with van der Waals surface area (Å²) >= 11 is 0. The van der Waals surface area contributed by atoms with Crippen LogP contribution in [-0.2, 0) is 16.4 Å². The van der Waals surface area contributed by atoms with Gasteiger partial charge in [0.05, 0.1) is 11.0 Å². The number of sulfonamides is 1. The van der Waals surface area contributed by atoms with E-state index in [4.69, 9.17) is 11.5 Å². The number of anilines is 1. The lowest BCUT2D eigenvalue weighted by molar-refractivity contribution is 0.116. The number of hydrogen-bond acceptors (Lipinski definition) is 5. The molecule has 0 aliphatic rings. The minimum absolute atomic E-state index is 0. The number of benzene rings is 2. The number of rotatable bonds is 9. The van der Waals surface area contributed by atoms with Gasteiger partial charge in [-0.1, -0.05) is 51.6 Å². The predicted molar refractivity (Wildman–Crippen MR) is 115 cm³/mol. The smallest absolute Gasteiger partial charge is 0.243 e. The first-order chi connectivity index (χ1) is 12.7. The maximum absolute atomic E-state index is 13.0. The summed E-state index contributed by atoms with van der Waals surface area (Å²) in [5, 5.41) is 10.6. The van der Waals surface area contributed by atoms with Gasteiger partial charge in [-0.15, -0.1) is 0 Å². The van der Waals surface area contributed by atoms with Crippen molar-refractivity contribution in [1.29, 1.82) is 0 Å². The van der Waals surface area contributed by atoms with E-state index < -0.39 is 22.2 Å². The van der Waals surface area contributed by atoms with Gasteiger partial charge in [0.15, 0.2) is 0 Å². The molecule has 2 aromatic rings. The van der Waals surface area contributed by atoms with Crippen LogP contribution in [-0.4, -0.2) is 43.1 Å². The van der Waals surface area contributed by atoms with Crippen molar-refractivity contribution >= 4 is 15.7 Å². The summed E-state index contributed by atoms with van der Waals surface area (Å²) in [6.45, 7) is 4.10. The first-order valence-corrected chi connectivity index (χ1v) is 10.5. The van der Waals surface area contributed by atoms with Crippen LogP contribution in [0.15, 0.2) is 59.5 Å². The Hall–Kier alpha value is -1.93. The highest BCUT2D eigenvalue weighted by atomic mass is 32.2. The lowest BCUT2D eigenvalue weighted by Crippen LogP contribution is -2.47. The van der Waals surface area contributed by atoms with Crippen molar-refractivity contribution in [2.24, 2.45) is 11.7 Å². The molecule has 2 rings (SSSR count). The van der Waals surface area contributed by atoms with Gasteiger partial charge in [0.1, 0.15) is 0 Å². The van der Waals surface area contributed by atoms with Gasteiger partial charge >= 0.3 is 0 Å². The molecular weight excluding hydrogens is 374 g/mol. The van der Waals surface area contributed by atoms with Crippen LogP contribution in [0, 0.1) is 5.92 Å². The van der Waals surface area contributed by atoms with E-state index in [1.54, 1.807) is 12.1 Å². The molecule has 5 N–H and O–H groups in total. The third-order valence-corrected chi connectivity index (χ3v) is 6.13. The average Bonchev–Trinajstić information content (AvgIpc) is 2.62. The molecule has 0 aromatic heterocycles. The fourth-order valence-corrected chi connectivity index (χ4v) is 4.45. The van der Waals surface area contributed by atoms with Crippen molar-refractivity contribution in [2.45, 2.75) is 44.7 Å². The second-order valence-corrected chi connectivity index (χ2v) is 9.14. The number of aliphatic hydroxyl groups is 1. The zero-order valence-corrected chi connectivity index (χ0v) is 16.6. The lowest BCUT2D eigenvalue weighted by atomic mass is 10.0. The number of hydrogen-bond donors (Lipinski definition) is 3. The van der Waals surface area contributed by atoms with Crippen molar-refractivity contribution in [3.05, 3.63) is 60.2 Å². The van der Waals surface area contributed by atoms with Gasteiger partial charge < -0.3 is 16.6 Å². The standard InChI is InChI=1S/C20H29N3O3S.CH4/c1-15(2)13-23(27(25,26)18-10-8-17(21)9-11-18)14-20(24)19(22)12-16-6-4-3-5-7-16;/h3-11,15,19-20,24H,12-14,21-22H2,1-2H3;1H4. The monoisotopic (exact) mass is 407 g/mol. The Kier molecular flexibility index (Phi) is 9.10. The summed E-state index contributed by atoms with van der Waals surface area (Å²) in [5.41, 5.74) is 13.3. The van der Waals surface area contributed by atoms with Crippen LogP contribution in [0.5, 0.6) is 0 Å². The van der Waals surface area contributed by atoms with Gasteiger partial charge in [0.25, 0.3) is 0 Å². The number of nitrogens with two attached hydrogens (primary N) is 2. The Labute approximate surface area is 169 Å². The summed E-state index contributed by atoms with van der Waals surface area (Å²) in [4.78, 5) is 0.154. The maximum atomic E-state index is 13.0. The van der Waals surface area contributed by atoms with Gasteiger partial charge in [-0.25, -0.2) is 8.42 Å². The predicted octanol–water partition coefficient (Wildman–Crippen LogP) is 2.48.